The Bertz CT molecular complexity index is 377. The van der Waals surface area contributed by atoms with Crippen LogP contribution in [0.4, 0.5) is 0 Å². The number of hydrogen-bond acceptors (Lipinski definition) is 4. The summed E-state index contributed by atoms with van der Waals surface area (Å²) in [6, 6.07) is 0.388. The number of oxazole rings is 1. The van der Waals surface area contributed by atoms with Gasteiger partial charge in [0, 0.05) is 12.6 Å². The predicted octanol–water partition coefficient (Wildman–Crippen LogP) is 0.499. The molecule has 1 N–H and O–H groups in total. The standard InChI is InChI=1S/C11H15N3O2/c15-11(10-6-13-7-16-10)14-4-2-8-5-12-3-1-9(8)14/h6-9,12H,1-5H2. The summed E-state index contributed by atoms with van der Waals surface area (Å²) in [6.45, 7) is 2.88. The molecular formula is C11H15N3O2. The summed E-state index contributed by atoms with van der Waals surface area (Å²) in [7, 11) is 0. The van der Waals surface area contributed by atoms with E-state index in [0.717, 1.165) is 32.5 Å². The third-order valence-corrected chi connectivity index (χ3v) is 3.61. The van der Waals surface area contributed by atoms with Crippen LogP contribution in [0.3, 0.4) is 0 Å². The largest absolute Gasteiger partial charge is 0.438 e. The lowest BCUT2D eigenvalue weighted by Crippen LogP contribution is -2.45. The fraction of sp³-hybridized carbons (Fsp3) is 0.636. The number of carbonyl (C=O) groups is 1. The van der Waals surface area contributed by atoms with Crippen molar-refractivity contribution in [2.45, 2.75) is 18.9 Å². The molecule has 2 atom stereocenters. The Morgan fingerprint density at radius 2 is 2.50 bits per heavy atom. The molecule has 2 aliphatic heterocycles. The third kappa shape index (κ3) is 1.51. The molecule has 5 nitrogen and oxygen atoms in total. The second kappa shape index (κ2) is 3.90. The number of aromatic nitrogens is 1. The van der Waals surface area contributed by atoms with Gasteiger partial charge in [-0.1, -0.05) is 0 Å². The molecule has 1 amide bonds. The lowest BCUT2D eigenvalue weighted by Gasteiger charge is -2.31. The lowest BCUT2D eigenvalue weighted by molar-refractivity contribution is 0.0665. The van der Waals surface area contributed by atoms with Gasteiger partial charge in [-0.25, -0.2) is 4.98 Å². The number of hydrogen-bond donors (Lipinski definition) is 1. The van der Waals surface area contributed by atoms with Crippen LogP contribution in [0.5, 0.6) is 0 Å². The van der Waals surface area contributed by atoms with E-state index in [4.69, 9.17) is 4.42 Å². The summed E-state index contributed by atoms with van der Waals surface area (Å²) in [5.41, 5.74) is 0. The number of nitrogens with zero attached hydrogens (tertiary/aromatic N) is 2. The van der Waals surface area contributed by atoms with Gasteiger partial charge in [0.1, 0.15) is 0 Å². The third-order valence-electron chi connectivity index (χ3n) is 3.61. The molecule has 0 spiro atoms. The van der Waals surface area contributed by atoms with Crippen molar-refractivity contribution in [3.8, 4) is 0 Å². The van der Waals surface area contributed by atoms with Gasteiger partial charge >= 0.3 is 0 Å². The van der Waals surface area contributed by atoms with E-state index in [1.54, 1.807) is 0 Å². The average molecular weight is 221 g/mol. The maximum absolute atomic E-state index is 12.1. The Hall–Kier alpha value is -1.36. The fourth-order valence-corrected chi connectivity index (χ4v) is 2.80. The normalized spacial score (nSPS) is 29.1. The molecule has 0 aliphatic carbocycles. The van der Waals surface area contributed by atoms with E-state index in [9.17, 15) is 4.79 Å². The van der Waals surface area contributed by atoms with Gasteiger partial charge in [0.05, 0.1) is 6.20 Å². The maximum atomic E-state index is 12.1. The van der Waals surface area contributed by atoms with E-state index in [0.29, 0.717) is 17.7 Å². The highest BCUT2D eigenvalue weighted by atomic mass is 16.3. The molecule has 3 heterocycles. The second-order valence-electron chi connectivity index (χ2n) is 4.47. The first-order valence-electron chi connectivity index (χ1n) is 5.76. The van der Waals surface area contributed by atoms with Gasteiger partial charge < -0.3 is 14.6 Å². The van der Waals surface area contributed by atoms with E-state index in [2.05, 4.69) is 10.3 Å². The molecule has 16 heavy (non-hydrogen) atoms. The van der Waals surface area contributed by atoms with Crippen LogP contribution >= 0.6 is 0 Å². The predicted molar refractivity (Wildman–Crippen MR) is 56.9 cm³/mol. The van der Waals surface area contributed by atoms with E-state index in [-0.39, 0.29) is 5.91 Å². The first-order valence-corrected chi connectivity index (χ1v) is 5.76. The molecule has 0 bridgehead atoms. The monoisotopic (exact) mass is 221 g/mol. The van der Waals surface area contributed by atoms with Crippen molar-refractivity contribution in [1.82, 2.24) is 15.2 Å². The summed E-state index contributed by atoms with van der Waals surface area (Å²) < 4.78 is 5.07. The number of nitrogens with one attached hydrogen (secondary N) is 1. The molecular weight excluding hydrogens is 206 g/mol. The van der Waals surface area contributed by atoms with E-state index in [1.807, 2.05) is 4.90 Å². The van der Waals surface area contributed by atoms with Gasteiger partial charge in [0.2, 0.25) is 5.76 Å². The van der Waals surface area contributed by atoms with Crippen molar-refractivity contribution >= 4 is 5.91 Å². The Morgan fingerprint density at radius 3 is 3.31 bits per heavy atom. The van der Waals surface area contributed by atoms with Crippen molar-refractivity contribution in [1.29, 1.82) is 0 Å². The van der Waals surface area contributed by atoms with Gasteiger partial charge in [0.25, 0.3) is 5.91 Å². The van der Waals surface area contributed by atoms with Crippen molar-refractivity contribution in [2.75, 3.05) is 19.6 Å². The van der Waals surface area contributed by atoms with Gasteiger partial charge in [0.15, 0.2) is 6.39 Å². The lowest BCUT2D eigenvalue weighted by atomic mass is 9.94. The quantitative estimate of drug-likeness (QED) is 0.750. The van der Waals surface area contributed by atoms with Crippen molar-refractivity contribution in [3.63, 3.8) is 0 Å². The van der Waals surface area contributed by atoms with Crippen LogP contribution in [0.2, 0.25) is 0 Å². The first kappa shape index (κ1) is 9.84. The number of rotatable bonds is 1. The van der Waals surface area contributed by atoms with Crippen LogP contribution in [0.1, 0.15) is 23.4 Å². The molecule has 0 aromatic carbocycles. The van der Waals surface area contributed by atoms with E-state index >= 15 is 0 Å². The second-order valence-corrected chi connectivity index (χ2v) is 4.47. The highest BCUT2D eigenvalue weighted by Gasteiger charge is 2.39. The van der Waals surface area contributed by atoms with Crippen molar-refractivity contribution in [3.05, 3.63) is 18.4 Å². The molecule has 2 aliphatic rings. The van der Waals surface area contributed by atoms with Gasteiger partial charge in [-0.15, -0.1) is 0 Å². The number of amides is 1. The average Bonchev–Trinajstić information content (AvgIpc) is 2.98. The Kier molecular flexibility index (Phi) is 2.40. The molecule has 2 unspecified atom stereocenters. The molecule has 1 aromatic heterocycles. The van der Waals surface area contributed by atoms with Crippen molar-refractivity contribution < 1.29 is 9.21 Å². The van der Waals surface area contributed by atoms with Crippen LogP contribution in [0, 0.1) is 5.92 Å². The zero-order valence-electron chi connectivity index (χ0n) is 9.06. The summed E-state index contributed by atoms with van der Waals surface area (Å²) in [6.07, 6.45) is 4.95. The van der Waals surface area contributed by atoms with Crippen molar-refractivity contribution in [2.24, 2.45) is 5.92 Å². The van der Waals surface area contributed by atoms with Crippen LogP contribution in [-0.2, 0) is 0 Å². The number of fused-ring (bicyclic) bond motifs is 1. The topological polar surface area (TPSA) is 58.4 Å². The summed E-state index contributed by atoms with van der Waals surface area (Å²) >= 11 is 0. The van der Waals surface area contributed by atoms with E-state index in [1.165, 1.54) is 12.6 Å². The Labute approximate surface area is 93.8 Å². The Morgan fingerprint density at radius 1 is 1.56 bits per heavy atom. The summed E-state index contributed by atoms with van der Waals surface area (Å²) in [5.74, 6) is 0.965. The summed E-state index contributed by atoms with van der Waals surface area (Å²) in [4.78, 5) is 17.9. The molecule has 2 saturated heterocycles. The molecule has 0 radical (unpaired) electrons. The molecule has 1 aromatic rings. The highest BCUT2D eigenvalue weighted by Crippen LogP contribution is 2.29. The van der Waals surface area contributed by atoms with Gasteiger partial charge in [-0.3, -0.25) is 4.79 Å². The smallest absolute Gasteiger partial charge is 0.291 e. The minimum atomic E-state index is -0.00750. The minimum Gasteiger partial charge on any atom is -0.438 e. The zero-order chi connectivity index (χ0) is 11.0. The molecule has 2 fully saturated rings. The van der Waals surface area contributed by atoms with Crippen LogP contribution in [0.15, 0.2) is 17.0 Å². The van der Waals surface area contributed by atoms with E-state index < -0.39 is 0 Å². The molecule has 5 heteroatoms. The number of carbonyl (C=O) groups excluding carboxylic acids is 1. The van der Waals surface area contributed by atoms with Gasteiger partial charge in [-0.05, 0) is 31.8 Å². The first-order chi connectivity index (χ1) is 7.86. The molecule has 86 valence electrons. The van der Waals surface area contributed by atoms with Crippen LogP contribution in [0.25, 0.3) is 0 Å². The van der Waals surface area contributed by atoms with Crippen LogP contribution in [-0.4, -0.2) is 41.5 Å². The minimum absolute atomic E-state index is 0.00750. The highest BCUT2D eigenvalue weighted by molar-refractivity contribution is 5.91. The number of piperidine rings is 1. The molecule has 0 saturated carbocycles. The fourth-order valence-electron chi connectivity index (χ4n) is 2.80. The van der Waals surface area contributed by atoms with Gasteiger partial charge in [-0.2, -0.15) is 0 Å². The maximum Gasteiger partial charge on any atom is 0.291 e. The number of likely N-dealkylation sites (tertiary alicyclic amines) is 1. The summed E-state index contributed by atoms with van der Waals surface area (Å²) in [5, 5.41) is 3.38. The SMILES string of the molecule is O=C(c1cnco1)N1CCC2CNCCC21. The Balaban J connectivity index is 1.78. The molecule has 3 rings (SSSR count). The zero-order valence-corrected chi connectivity index (χ0v) is 9.06. The van der Waals surface area contributed by atoms with Crippen LogP contribution < -0.4 is 5.32 Å².